The first kappa shape index (κ1) is 14.8. The van der Waals surface area contributed by atoms with Crippen molar-refractivity contribution in [3.63, 3.8) is 0 Å². The average Bonchev–Trinajstić information content (AvgIpc) is 2.42. The average molecular weight is 356 g/mol. The largest absolute Gasteiger partial charge is 0.496 e. The molecule has 0 saturated carbocycles. The molecule has 20 heavy (non-hydrogen) atoms. The van der Waals surface area contributed by atoms with Crippen LogP contribution in [0.25, 0.3) is 0 Å². The summed E-state index contributed by atoms with van der Waals surface area (Å²) < 4.78 is 6.04. The van der Waals surface area contributed by atoms with E-state index in [-0.39, 0.29) is 11.1 Å². The van der Waals surface area contributed by atoms with E-state index in [1.807, 2.05) is 6.92 Å². The zero-order chi connectivity index (χ0) is 14.7. The van der Waals surface area contributed by atoms with Gasteiger partial charge in [0.1, 0.15) is 5.75 Å². The van der Waals surface area contributed by atoms with Gasteiger partial charge in [0.25, 0.3) is 5.91 Å². The molecule has 0 aliphatic rings. The van der Waals surface area contributed by atoms with Crippen LogP contribution in [-0.2, 0) is 0 Å². The van der Waals surface area contributed by atoms with Crippen molar-refractivity contribution >= 4 is 39.1 Å². The third-order valence-electron chi connectivity index (χ3n) is 2.76. The lowest BCUT2D eigenvalue weighted by Crippen LogP contribution is -2.14. The molecule has 0 aliphatic carbocycles. The number of nitrogens with zero attached hydrogens (tertiary/aromatic N) is 1. The monoisotopic (exact) mass is 354 g/mol. The number of ether oxygens (including phenoxy) is 1. The molecule has 1 heterocycles. The van der Waals surface area contributed by atoms with E-state index in [4.69, 9.17) is 16.3 Å². The summed E-state index contributed by atoms with van der Waals surface area (Å²) in [4.78, 5) is 16.3. The Morgan fingerprint density at radius 2 is 2.15 bits per heavy atom. The maximum absolute atomic E-state index is 12.3. The molecule has 2 rings (SSSR count). The summed E-state index contributed by atoms with van der Waals surface area (Å²) in [7, 11) is 1.51. The highest BCUT2D eigenvalue weighted by Crippen LogP contribution is 2.27. The second-order valence-corrected chi connectivity index (χ2v) is 5.37. The Morgan fingerprint density at radius 1 is 1.40 bits per heavy atom. The standard InChI is InChI=1S/C14H12BrClN2O2/c1-8-5-6-17-13(16)12(8)18-14(19)10-4-3-9(15)7-11(10)20-2/h3-7H,1-2H3,(H,18,19). The quantitative estimate of drug-likeness (QED) is 0.845. The van der Waals surface area contributed by atoms with Crippen LogP contribution in [0, 0.1) is 6.92 Å². The van der Waals surface area contributed by atoms with Gasteiger partial charge in [-0.05, 0) is 36.8 Å². The smallest absolute Gasteiger partial charge is 0.259 e. The fourth-order valence-corrected chi connectivity index (χ4v) is 2.30. The molecule has 2 aromatic rings. The number of aromatic nitrogens is 1. The molecule has 0 unspecified atom stereocenters. The van der Waals surface area contributed by atoms with Crippen molar-refractivity contribution < 1.29 is 9.53 Å². The number of aryl methyl sites for hydroxylation is 1. The van der Waals surface area contributed by atoms with Crippen molar-refractivity contribution in [3.8, 4) is 5.75 Å². The van der Waals surface area contributed by atoms with Crippen LogP contribution in [-0.4, -0.2) is 18.0 Å². The van der Waals surface area contributed by atoms with Gasteiger partial charge in [-0.25, -0.2) is 4.98 Å². The third kappa shape index (κ3) is 3.11. The van der Waals surface area contributed by atoms with Gasteiger partial charge in [-0.2, -0.15) is 0 Å². The minimum absolute atomic E-state index is 0.259. The topological polar surface area (TPSA) is 51.2 Å². The SMILES string of the molecule is COc1cc(Br)ccc1C(=O)Nc1c(C)ccnc1Cl. The molecule has 1 aromatic heterocycles. The van der Waals surface area contributed by atoms with E-state index in [0.29, 0.717) is 17.0 Å². The number of hydrogen-bond acceptors (Lipinski definition) is 3. The third-order valence-corrected chi connectivity index (χ3v) is 3.54. The molecular formula is C14H12BrClN2O2. The normalized spacial score (nSPS) is 10.2. The summed E-state index contributed by atoms with van der Waals surface area (Å²) in [6.07, 6.45) is 1.59. The van der Waals surface area contributed by atoms with Gasteiger partial charge in [0, 0.05) is 10.7 Å². The lowest BCUT2D eigenvalue weighted by atomic mass is 10.1. The van der Waals surface area contributed by atoms with Crippen LogP contribution in [0.3, 0.4) is 0 Å². The van der Waals surface area contributed by atoms with E-state index in [2.05, 4.69) is 26.2 Å². The Hall–Kier alpha value is -1.59. The summed E-state index contributed by atoms with van der Waals surface area (Å²) in [5.41, 5.74) is 1.77. The van der Waals surface area contributed by atoms with E-state index in [9.17, 15) is 4.79 Å². The molecule has 6 heteroatoms. The summed E-state index contributed by atoms with van der Waals surface area (Å²) in [6, 6.07) is 6.96. The lowest BCUT2D eigenvalue weighted by molar-refractivity contribution is 0.102. The predicted molar refractivity (Wildman–Crippen MR) is 82.6 cm³/mol. The van der Waals surface area contributed by atoms with Gasteiger partial charge < -0.3 is 10.1 Å². The molecule has 0 atom stereocenters. The minimum Gasteiger partial charge on any atom is -0.496 e. The van der Waals surface area contributed by atoms with Gasteiger partial charge in [-0.15, -0.1) is 0 Å². The van der Waals surface area contributed by atoms with Crippen LogP contribution in [0.15, 0.2) is 34.9 Å². The molecular weight excluding hydrogens is 344 g/mol. The van der Waals surface area contributed by atoms with Gasteiger partial charge in [0.15, 0.2) is 5.15 Å². The minimum atomic E-state index is -0.299. The van der Waals surface area contributed by atoms with Crippen LogP contribution in [0.2, 0.25) is 5.15 Å². The summed E-state index contributed by atoms with van der Waals surface area (Å²) in [5, 5.41) is 3.02. The first-order chi connectivity index (χ1) is 9.52. The van der Waals surface area contributed by atoms with Crippen LogP contribution >= 0.6 is 27.5 Å². The number of methoxy groups -OCH3 is 1. The fourth-order valence-electron chi connectivity index (χ4n) is 1.71. The fraction of sp³-hybridized carbons (Fsp3) is 0.143. The number of pyridine rings is 1. The number of carbonyl (C=O) groups is 1. The molecule has 0 saturated heterocycles. The van der Waals surface area contributed by atoms with E-state index in [1.165, 1.54) is 7.11 Å². The Bertz CT molecular complexity index is 641. The molecule has 0 aliphatic heterocycles. The Labute approximate surface area is 130 Å². The number of amides is 1. The molecule has 1 aromatic carbocycles. The molecule has 104 valence electrons. The molecule has 0 bridgehead atoms. The number of nitrogens with one attached hydrogen (secondary N) is 1. The van der Waals surface area contributed by atoms with Gasteiger partial charge in [-0.1, -0.05) is 27.5 Å². The Morgan fingerprint density at radius 3 is 2.80 bits per heavy atom. The van der Waals surface area contributed by atoms with Gasteiger partial charge in [-0.3, -0.25) is 4.79 Å². The highest BCUT2D eigenvalue weighted by Gasteiger charge is 2.15. The molecule has 0 fully saturated rings. The number of hydrogen-bond donors (Lipinski definition) is 1. The van der Waals surface area contributed by atoms with Gasteiger partial charge in [0.05, 0.1) is 18.4 Å². The molecule has 1 amide bonds. The van der Waals surface area contributed by atoms with Crippen LogP contribution in [0.4, 0.5) is 5.69 Å². The van der Waals surface area contributed by atoms with E-state index in [1.54, 1.807) is 30.5 Å². The number of rotatable bonds is 3. The van der Waals surface area contributed by atoms with E-state index >= 15 is 0 Å². The zero-order valence-corrected chi connectivity index (χ0v) is 13.2. The van der Waals surface area contributed by atoms with E-state index in [0.717, 1.165) is 10.0 Å². The van der Waals surface area contributed by atoms with Gasteiger partial charge in [0.2, 0.25) is 0 Å². The maximum Gasteiger partial charge on any atom is 0.259 e. The Balaban J connectivity index is 2.33. The number of carbonyl (C=O) groups excluding carboxylic acids is 1. The number of anilines is 1. The summed E-state index contributed by atoms with van der Waals surface area (Å²) >= 11 is 9.33. The van der Waals surface area contributed by atoms with Crippen molar-refractivity contribution in [2.75, 3.05) is 12.4 Å². The van der Waals surface area contributed by atoms with Crippen molar-refractivity contribution in [1.82, 2.24) is 4.98 Å². The molecule has 4 nitrogen and oxygen atoms in total. The molecule has 1 N–H and O–H groups in total. The van der Waals surface area contributed by atoms with Crippen molar-refractivity contribution in [3.05, 3.63) is 51.2 Å². The van der Waals surface area contributed by atoms with Crippen molar-refractivity contribution in [2.45, 2.75) is 6.92 Å². The summed E-state index contributed by atoms with van der Waals surface area (Å²) in [6.45, 7) is 1.85. The predicted octanol–water partition coefficient (Wildman–Crippen LogP) is 4.07. The highest BCUT2D eigenvalue weighted by atomic mass is 79.9. The second kappa shape index (κ2) is 6.24. The van der Waals surface area contributed by atoms with Crippen LogP contribution in [0.5, 0.6) is 5.75 Å². The maximum atomic E-state index is 12.3. The zero-order valence-electron chi connectivity index (χ0n) is 10.9. The van der Waals surface area contributed by atoms with Crippen molar-refractivity contribution in [2.24, 2.45) is 0 Å². The first-order valence-corrected chi connectivity index (χ1v) is 6.96. The number of halogens is 2. The molecule has 0 radical (unpaired) electrons. The highest BCUT2D eigenvalue weighted by molar-refractivity contribution is 9.10. The van der Waals surface area contributed by atoms with Gasteiger partial charge >= 0.3 is 0 Å². The first-order valence-electron chi connectivity index (χ1n) is 5.79. The lowest BCUT2D eigenvalue weighted by Gasteiger charge is -2.12. The second-order valence-electron chi connectivity index (χ2n) is 4.09. The van der Waals surface area contributed by atoms with Crippen molar-refractivity contribution in [1.29, 1.82) is 0 Å². The summed E-state index contributed by atoms with van der Waals surface area (Å²) in [5.74, 6) is 0.182. The number of benzene rings is 1. The van der Waals surface area contributed by atoms with Crippen LogP contribution in [0.1, 0.15) is 15.9 Å². The van der Waals surface area contributed by atoms with Crippen LogP contribution < -0.4 is 10.1 Å². The molecule has 0 spiro atoms. The van der Waals surface area contributed by atoms with E-state index < -0.39 is 0 Å². The Kier molecular flexibility index (Phi) is 4.62.